The van der Waals surface area contributed by atoms with E-state index in [0.717, 1.165) is 19.1 Å². The van der Waals surface area contributed by atoms with Gasteiger partial charge in [0.15, 0.2) is 9.84 Å². The van der Waals surface area contributed by atoms with Crippen molar-refractivity contribution in [2.75, 3.05) is 26.0 Å². The Morgan fingerprint density at radius 2 is 1.91 bits per heavy atom. The van der Waals surface area contributed by atoms with E-state index in [1.165, 1.54) is 24.3 Å². The lowest BCUT2D eigenvalue weighted by Crippen LogP contribution is -2.42. The molecule has 0 saturated carbocycles. The molecule has 0 aliphatic carbocycles. The predicted octanol–water partition coefficient (Wildman–Crippen LogP) is 1.51. The summed E-state index contributed by atoms with van der Waals surface area (Å²) in [6.45, 7) is 3.01. The van der Waals surface area contributed by atoms with Crippen LogP contribution < -0.4 is 0 Å². The summed E-state index contributed by atoms with van der Waals surface area (Å²) in [4.78, 5) is 26.1. The van der Waals surface area contributed by atoms with Gasteiger partial charge in [0.05, 0.1) is 17.4 Å². The second-order valence-corrected chi connectivity index (χ2v) is 7.65. The van der Waals surface area contributed by atoms with E-state index in [4.69, 9.17) is 4.74 Å². The molecule has 0 N–H and O–H groups in total. The molecule has 1 atom stereocenters. The van der Waals surface area contributed by atoms with Gasteiger partial charge < -0.3 is 9.64 Å². The predicted molar refractivity (Wildman–Crippen MR) is 84.8 cm³/mol. The minimum atomic E-state index is -3.28. The van der Waals surface area contributed by atoms with Crippen LogP contribution in [0.4, 0.5) is 0 Å². The van der Waals surface area contributed by atoms with E-state index < -0.39 is 9.84 Å². The van der Waals surface area contributed by atoms with E-state index in [1.807, 2.05) is 0 Å². The largest absolute Gasteiger partial charge is 0.466 e. The first-order valence-corrected chi connectivity index (χ1v) is 9.48. The number of hydrogen-bond donors (Lipinski definition) is 0. The second kappa shape index (κ2) is 7.12. The SMILES string of the molecule is CCOC(=O)C1CCCN(C(=O)c2ccc(S(C)(=O)=O)cc2)C1. The molecule has 1 aromatic rings. The Balaban J connectivity index is 2.09. The highest BCUT2D eigenvalue weighted by Crippen LogP contribution is 2.20. The summed E-state index contributed by atoms with van der Waals surface area (Å²) in [5, 5.41) is 0. The number of rotatable bonds is 4. The van der Waals surface area contributed by atoms with Crippen molar-refractivity contribution in [3.8, 4) is 0 Å². The summed E-state index contributed by atoms with van der Waals surface area (Å²) < 4.78 is 27.9. The Bertz CT molecular complexity index is 681. The molecule has 1 unspecified atom stereocenters. The Labute approximate surface area is 136 Å². The number of piperidine rings is 1. The van der Waals surface area contributed by atoms with Gasteiger partial charge in [-0.3, -0.25) is 9.59 Å². The van der Waals surface area contributed by atoms with Gasteiger partial charge in [-0.15, -0.1) is 0 Å². The average Bonchev–Trinajstić information content (AvgIpc) is 2.54. The zero-order valence-electron chi connectivity index (χ0n) is 13.3. The Morgan fingerprint density at radius 1 is 1.26 bits per heavy atom. The maximum atomic E-state index is 12.5. The maximum Gasteiger partial charge on any atom is 0.310 e. The first kappa shape index (κ1) is 17.5. The Morgan fingerprint density at radius 3 is 2.48 bits per heavy atom. The molecule has 2 rings (SSSR count). The molecule has 7 heteroatoms. The van der Waals surface area contributed by atoms with Crippen molar-refractivity contribution in [3.63, 3.8) is 0 Å². The van der Waals surface area contributed by atoms with Crippen molar-refractivity contribution in [2.45, 2.75) is 24.7 Å². The van der Waals surface area contributed by atoms with Crippen molar-refractivity contribution in [1.29, 1.82) is 0 Å². The van der Waals surface area contributed by atoms with Crippen molar-refractivity contribution >= 4 is 21.7 Å². The van der Waals surface area contributed by atoms with Crippen LogP contribution in [0.1, 0.15) is 30.1 Å². The summed E-state index contributed by atoms with van der Waals surface area (Å²) in [5.41, 5.74) is 0.418. The van der Waals surface area contributed by atoms with Crippen LogP contribution in [-0.2, 0) is 19.4 Å². The number of carbonyl (C=O) groups excluding carboxylic acids is 2. The standard InChI is InChI=1S/C16H21NO5S/c1-3-22-16(19)13-5-4-10-17(11-13)15(18)12-6-8-14(9-7-12)23(2,20)21/h6-9,13H,3-5,10-11H2,1-2H3. The molecule has 1 saturated heterocycles. The number of likely N-dealkylation sites (tertiary alicyclic amines) is 1. The lowest BCUT2D eigenvalue weighted by molar-refractivity contribution is -0.149. The van der Waals surface area contributed by atoms with E-state index in [2.05, 4.69) is 0 Å². The molecular weight excluding hydrogens is 318 g/mol. The van der Waals surface area contributed by atoms with Crippen molar-refractivity contribution in [3.05, 3.63) is 29.8 Å². The Kier molecular flexibility index (Phi) is 5.41. The summed E-state index contributed by atoms with van der Waals surface area (Å²) in [6.07, 6.45) is 2.59. The molecule has 23 heavy (non-hydrogen) atoms. The maximum absolute atomic E-state index is 12.5. The fourth-order valence-corrected chi connectivity index (χ4v) is 3.27. The molecule has 6 nitrogen and oxygen atoms in total. The van der Waals surface area contributed by atoms with Crippen molar-refractivity contribution in [2.24, 2.45) is 5.92 Å². The number of ether oxygens (including phenoxy) is 1. The van der Waals surface area contributed by atoms with Crippen LogP contribution in [0.2, 0.25) is 0 Å². The number of amides is 1. The van der Waals surface area contributed by atoms with Crippen LogP contribution in [0.15, 0.2) is 29.2 Å². The zero-order chi connectivity index (χ0) is 17.0. The highest BCUT2D eigenvalue weighted by Gasteiger charge is 2.29. The molecule has 0 bridgehead atoms. The zero-order valence-corrected chi connectivity index (χ0v) is 14.1. The highest BCUT2D eigenvalue weighted by atomic mass is 32.2. The molecule has 1 heterocycles. The summed E-state index contributed by atoms with van der Waals surface area (Å²) in [5.74, 6) is -0.751. The molecule has 1 aliphatic rings. The molecule has 1 aromatic carbocycles. The van der Waals surface area contributed by atoms with Gasteiger partial charge in [0.1, 0.15) is 0 Å². The molecule has 1 aliphatic heterocycles. The van der Waals surface area contributed by atoms with Gasteiger partial charge in [-0.25, -0.2) is 8.42 Å². The fraction of sp³-hybridized carbons (Fsp3) is 0.500. The van der Waals surface area contributed by atoms with Crippen LogP contribution in [0.25, 0.3) is 0 Å². The monoisotopic (exact) mass is 339 g/mol. The lowest BCUT2D eigenvalue weighted by atomic mass is 9.97. The van der Waals surface area contributed by atoms with Gasteiger partial charge in [0.2, 0.25) is 0 Å². The van der Waals surface area contributed by atoms with Crippen molar-refractivity contribution < 1.29 is 22.7 Å². The Hall–Kier alpha value is -1.89. The quantitative estimate of drug-likeness (QED) is 0.777. The van der Waals surface area contributed by atoms with Gasteiger partial charge in [-0.1, -0.05) is 0 Å². The third-order valence-electron chi connectivity index (χ3n) is 3.86. The average molecular weight is 339 g/mol. The topological polar surface area (TPSA) is 80.8 Å². The molecule has 0 spiro atoms. The van der Waals surface area contributed by atoms with E-state index >= 15 is 0 Å². The molecule has 0 aromatic heterocycles. The molecule has 126 valence electrons. The summed E-state index contributed by atoms with van der Waals surface area (Å²) in [6, 6.07) is 5.87. The smallest absolute Gasteiger partial charge is 0.310 e. The van der Waals surface area contributed by atoms with Crippen LogP contribution in [-0.4, -0.2) is 51.1 Å². The molecule has 1 amide bonds. The third-order valence-corrected chi connectivity index (χ3v) is 4.99. The van der Waals surface area contributed by atoms with Crippen LogP contribution in [0, 0.1) is 5.92 Å². The van der Waals surface area contributed by atoms with Gasteiger partial charge in [-0.2, -0.15) is 0 Å². The normalized spacial score (nSPS) is 18.5. The van der Waals surface area contributed by atoms with E-state index in [1.54, 1.807) is 11.8 Å². The van der Waals surface area contributed by atoms with Crippen LogP contribution >= 0.6 is 0 Å². The lowest BCUT2D eigenvalue weighted by Gasteiger charge is -2.31. The fourth-order valence-electron chi connectivity index (χ4n) is 2.64. The first-order chi connectivity index (χ1) is 10.8. The van der Waals surface area contributed by atoms with Crippen LogP contribution in [0.5, 0.6) is 0 Å². The van der Waals surface area contributed by atoms with Gasteiger partial charge >= 0.3 is 5.97 Å². The van der Waals surface area contributed by atoms with Gasteiger partial charge in [-0.05, 0) is 44.0 Å². The molecular formula is C16H21NO5S. The second-order valence-electron chi connectivity index (χ2n) is 5.64. The molecule has 1 fully saturated rings. The summed E-state index contributed by atoms with van der Waals surface area (Å²) >= 11 is 0. The molecule has 0 radical (unpaired) electrons. The van der Waals surface area contributed by atoms with E-state index in [-0.39, 0.29) is 22.7 Å². The van der Waals surface area contributed by atoms with Crippen molar-refractivity contribution in [1.82, 2.24) is 4.90 Å². The number of benzene rings is 1. The number of sulfone groups is 1. The minimum Gasteiger partial charge on any atom is -0.466 e. The number of carbonyl (C=O) groups is 2. The first-order valence-electron chi connectivity index (χ1n) is 7.59. The summed E-state index contributed by atoms with van der Waals surface area (Å²) in [7, 11) is -3.28. The third kappa shape index (κ3) is 4.31. The van der Waals surface area contributed by atoms with Crippen LogP contribution in [0.3, 0.4) is 0 Å². The van der Waals surface area contributed by atoms with Gasteiger partial charge in [0.25, 0.3) is 5.91 Å². The number of nitrogens with zero attached hydrogens (tertiary/aromatic N) is 1. The number of esters is 1. The van der Waals surface area contributed by atoms with E-state index in [9.17, 15) is 18.0 Å². The number of hydrogen-bond acceptors (Lipinski definition) is 5. The van der Waals surface area contributed by atoms with Gasteiger partial charge in [0, 0.05) is 24.9 Å². The minimum absolute atomic E-state index is 0.178. The van der Waals surface area contributed by atoms with E-state index in [0.29, 0.717) is 25.3 Å². The highest BCUT2D eigenvalue weighted by molar-refractivity contribution is 7.90.